The maximum absolute atomic E-state index is 13.1. The highest BCUT2D eigenvalue weighted by Gasteiger charge is 2.34. The predicted octanol–water partition coefficient (Wildman–Crippen LogP) is 4.33. The molecule has 1 aliphatic heterocycles. The van der Waals surface area contributed by atoms with Gasteiger partial charge in [-0.15, -0.1) is 5.10 Å². The van der Waals surface area contributed by atoms with E-state index >= 15 is 0 Å². The van der Waals surface area contributed by atoms with Crippen molar-refractivity contribution in [1.82, 2.24) is 14.8 Å². The second kappa shape index (κ2) is 7.64. The Balaban J connectivity index is 1.70. The third-order valence-electron chi connectivity index (χ3n) is 5.59. The number of anilines is 1. The summed E-state index contributed by atoms with van der Waals surface area (Å²) in [5.41, 5.74) is 0.121. The van der Waals surface area contributed by atoms with E-state index in [0.29, 0.717) is 47.6 Å². The van der Waals surface area contributed by atoms with Crippen molar-refractivity contribution in [2.45, 2.75) is 39.5 Å². The van der Waals surface area contributed by atoms with E-state index in [0.717, 1.165) is 12.1 Å². The maximum Gasteiger partial charge on any atom is 0.416 e. The van der Waals surface area contributed by atoms with E-state index in [-0.39, 0.29) is 11.0 Å². The first-order valence-electron chi connectivity index (χ1n) is 9.95. The number of nitrogens with zero attached hydrogens (tertiary/aromatic N) is 3. The fourth-order valence-electron chi connectivity index (χ4n) is 3.75. The zero-order chi connectivity index (χ0) is 22.4. The van der Waals surface area contributed by atoms with Crippen LogP contribution in [0.4, 0.5) is 19.0 Å². The molecule has 0 spiro atoms. The van der Waals surface area contributed by atoms with Gasteiger partial charge in [0.15, 0.2) is 5.82 Å². The Bertz CT molecular complexity index is 1190. The van der Waals surface area contributed by atoms with Crippen molar-refractivity contribution in [3.8, 4) is 0 Å². The van der Waals surface area contributed by atoms with E-state index in [4.69, 9.17) is 4.74 Å². The monoisotopic (exact) mass is 432 g/mol. The van der Waals surface area contributed by atoms with Crippen LogP contribution >= 0.6 is 0 Å². The standard InChI is InChI=1S/C22H23F3N4O2/c1-13(15-5-4-6-16(7-15)22(23,24)25)26-20-18-9-29(10-21(3)11-31-12-21)19(30)8-17(18)14(2)27-28-20/h4-9,13H,10-12H2,1-3H3,(H,26,28)/t13-/m1/s1. The normalized spacial score (nSPS) is 16.7. The number of nitrogens with one attached hydrogen (secondary N) is 1. The lowest BCUT2D eigenvalue weighted by Gasteiger charge is -2.38. The lowest BCUT2D eigenvalue weighted by Crippen LogP contribution is -2.44. The van der Waals surface area contributed by atoms with Crippen LogP contribution in [0.5, 0.6) is 0 Å². The van der Waals surface area contributed by atoms with Crippen molar-refractivity contribution < 1.29 is 17.9 Å². The Morgan fingerprint density at radius 1 is 1.23 bits per heavy atom. The highest BCUT2D eigenvalue weighted by molar-refractivity contribution is 5.92. The smallest absolute Gasteiger partial charge is 0.380 e. The SMILES string of the molecule is Cc1nnc(N[C@H](C)c2cccc(C(F)(F)F)c2)c2cn(CC3(C)COC3)c(=O)cc12. The van der Waals surface area contributed by atoms with Gasteiger partial charge in [0.25, 0.3) is 5.56 Å². The number of fused-ring (bicyclic) bond motifs is 1. The lowest BCUT2D eigenvalue weighted by atomic mass is 9.88. The molecule has 0 saturated carbocycles. The molecule has 1 atom stereocenters. The minimum atomic E-state index is -4.41. The van der Waals surface area contributed by atoms with Crippen LogP contribution in [0, 0.1) is 12.3 Å². The van der Waals surface area contributed by atoms with E-state index < -0.39 is 17.8 Å². The topological polar surface area (TPSA) is 69.0 Å². The Kier molecular flexibility index (Phi) is 5.25. The minimum Gasteiger partial charge on any atom is -0.380 e. The lowest BCUT2D eigenvalue weighted by molar-refractivity contribution is -0.137. The second-order valence-electron chi connectivity index (χ2n) is 8.49. The fraction of sp³-hybridized carbons (Fsp3) is 0.409. The molecule has 1 aliphatic rings. The summed E-state index contributed by atoms with van der Waals surface area (Å²) in [6.07, 6.45) is -2.67. The van der Waals surface area contributed by atoms with Gasteiger partial charge in [-0.05, 0) is 31.5 Å². The largest absolute Gasteiger partial charge is 0.416 e. The molecule has 1 saturated heterocycles. The molecule has 1 aromatic carbocycles. The van der Waals surface area contributed by atoms with E-state index in [1.807, 2.05) is 0 Å². The number of hydrogen-bond acceptors (Lipinski definition) is 5. The van der Waals surface area contributed by atoms with Crippen LogP contribution in [0.2, 0.25) is 0 Å². The summed E-state index contributed by atoms with van der Waals surface area (Å²) in [6, 6.07) is 6.25. The molecule has 6 nitrogen and oxygen atoms in total. The molecule has 3 heterocycles. The van der Waals surface area contributed by atoms with Crippen molar-refractivity contribution in [3.05, 3.63) is 63.7 Å². The summed E-state index contributed by atoms with van der Waals surface area (Å²) >= 11 is 0. The number of pyridine rings is 1. The minimum absolute atomic E-state index is 0.105. The van der Waals surface area contributed by atoms with E-state index in [2.05, 4.69) is 22.4 Å². The van der Waals surface area contributed by atoms with E-state index in [1.165, 1.54) is 12.1 Å². The van der Waals surface area contributed by atoms with Gasteiger partial charge in [-0.2, -0.15) is 18.3 Å². The van der Waals surface area contributed by atoms with Crippen molar-refractivity contribution in [3.63, 3.8) is 0 Å². The van der Waals surface area contributed by atoms with Crippen molar-refractivity contribution in [2.75, 3.05) is 18.5 Å². The molecule has 1 N–H and O–H groups in total. The van der Waals surface area contributed by atoms with Gasteiger partial charge in [0.2, 0.25) is 0 Å². The third-order valence-corrected chi connectivity index (χ3v) is 5.59. The van der Waals surface area contributed by atoms with Crippen LogP contribution in [0.3, 0.4) is 0 Å². The second-order valence-corrected chi connectivity index (χ2v) is 8.49. The van der Waals surface area contributed by atoms with Crippen LogP contribution in [-0.2, 0) is 17.5 Å². The number of rotatable bonds is 5. The van der Waals surface area contributed by atoms with Gasteiger partial charge in [-0.3, -0.25) is 4.79 Å². The Hall–Kier alpha value is -2.94. The molecular weight excluding hydrogens is 409 g/mol. The Labute approximate surface area is 177 Å². The van der Waals surface area contributed by atoms with Gasteiger partial charge >= 0.3 is 6.18 Å². The first kappa shape index (κ1) is 21.3. The number of ether oxygens (including phenoxy) is 1. The number of aryl methyl sites for hydroxylation is 1. The van der Waals surface area contributed by atoms with Crippen LogP contribution < -0.4 is 10.9 Å². The van der Waals surface area contributed by atoms with Crippen molar-refractivity contribution in [1.29, 1.82) is 0 Å². The zero-order valence-corrected chi connectivity index (χ0v) is 17.5. The molecule has 2 aromatic heterocycles. The summed E-state index contributed by atoms with van der Waals surface area (Å²) < 4.78 is 46.2. The molecule has 164 valence electrons. The van der Waals surface area contributed by atoms with Gasteiger partial charge in [-0.25, -0.2) is 0 Å². The van der Waals surface area contributed by atoms with E-state index in [1.54, 1.807) is 30.7 Å². The summed E-state index contributed by atoms with van der Waals surface area (Å²) in [4.78, 5) is 12.6. The first-order valence-corrected chi connectivity index (χ1v) is 9.95. The van der Waals surface area contributed by atoms with Gasteiger partial charge in [0.1, 0.15) is 0 Å². The Morgan fingerprint density at radius 3 is 2.61 bits per heavy atom. The number of alkyl halides is 3. The summed E-state index contributed by atoms with van der Waals surface area (Å²) in [6.45, 7) is 7.25. The summed E-state index contributed by atoms with van der Waals surface area (Å²) in [7, 11) is 0. The van der Waals surface area contributed by atoms with Crippen LogP contribution in [0.15, 0.2) is 41.3 Å². The number of aromatic nitrogens is 3. The molecule has 9 heteroatoms. The molecule has 0 aliphatic carbocycles. The highest BCUT2D eigenvalue weighted by Crippen LogP contribution is 2.32. The van der Waals surface area contributed by atoms with Crippen LogP contribution in [0.1, 0.15) is 36.7 Å². The van der Waals surface area contributed by atoms with Gasteiger partial charge in [0.05, 0.1) is 30.5 Å². The molecule has 31 heavy (non-hydrogen) atoms. The average Bonchev–Trinajstić information content (AvgIpc) is 2.69. The molecule has 0 bridgehead atoms. The maximum atomic E-state index is 13.1. The number of hydrogen-bond donors (Lipinski definition) is 1. The van der Waals surface area contributed by atoms with Crippen LogP contribution in [0.25, 0.3) is 10.8 Å². The molecule has 4 rings (SSSR count). The quantitative estimate of drug-likeness (QED) is 0.650. The molecular formula is C22H23F3N4O2. The first-order chi connectivity index (χ1) is 14.6. The van der Waals surface area contributed by atoms with Crippen molar-refractivity contribution in [2.24, 2.45) is 5.41 Å². The van der Waals surface area contributed by atoms with Crippen LogP contribution in [-0.4, -0.2) is 28.0 Å². The van der Waals surface area contributed by atoms with Gasteiger partial charge in [0, 0.05) is 35.0 Å². The summed E-state index contributed by atoms with van der Waals surface area (Å²) in [5, 5.41) is 12.9. The van der Waals surface area contributed by atoms with Crippen molar-refractivity contribution >= 4 is 16.6 Å². The Morgan fingerprint density at radius 2 is 1.97 bits per heavy atom. The number of benzene rings is 1. The zero-order valence-electron chi connectivity index (χ0n) is 17.5. The average molecular weight is 432 g/mol. The molecule has 1 fully saturated rings. The van der Waals surface area contributed by atoms with Gasteiger partial charge in [-0.1, -0.05) is 19.1 Å². The molecule has 3 aromatic rings. The summed E-state index contributed by atoms with van der Waals surface area (Å²) in [5.74, 6) is 0.411. The highest BCUT2D eigenvalue weighted by atomic mass is 19.4. The molecule has 0 radical (unpaired) electrons. The third kappa shape index (κ3) is 4.27. The van der Waals surface area contributed by atoms with E-state index in [9.17, 15) is 18.0 Å². The molecule has 0 unspecified atom stereocenters. The fourth-order valence-corrected chi connectivity index (χ4v) is 3.75. The predicted molar refractivity (Wildman–Crippen MR) is 111 cm³/mol. The molecule has 0 amide bonds. The van der Waals surface area contributed by atoms with Gasteiger partial charge < -0.3 is 14.6 Å². The number of halogens is 3.